The first-order valence-electron chi connectivity index (χ1n) is 6.40. The highest BCUT2D eigenvalue weighted by Gasteiger charge is 2.28. The second-order valence-corrected chi connectivity index (χ2v) is 5.00. The molecule has 0 saturated carbocycles. The maximum Gasteiger partial charge on any atom is 0.307 e. The number of rotatable bonds is 3. The van der Waals surface area contributed by atoms with Gasteiger partial charge >= 0.3 is 5.97 Å². The van der Waals surface area contributed by atoms with Crippen LogP contribution < -0.4 is 0 Å². The molecule has 2 aliphatic heterocycles. The Bertz CT molecular complexity index is 300. The highest BCUT2D eigenvalue weighted by molar-refractivity contribution is 5.78. The lowest BCUT2D eigenvalue weighted by Crippen LogP contribution is -2.44. The van der Waals surface area contributed by atoms with Crippen molar-refractivity contribution >= 4 is 11.9 Å². The van der Waals surface area contributed by atoms with Crippen molar-refractivity contribution in [3.63, 3.8) is 0 Å². The molecule has 0 radical (unpaired) electrons. The second-order valence-electron chi connectivity index (χ2n) is 5.00. The van der Waals surface area contributed by atoms with Crippen molar-refractivity contribution in [2.45, 2.75) is 25.7 Å². The van der Waals surface area contributed by atoms with Crippen LogP contribution in [0.1, 0.15) is 25.7 Å². The van der Waals surface area contributed by atoms with Crippen LogP contribution in [-0.2, 0) is 9.59 Å². The van der Waals surface area contributed by atoms with E-state index >= 15 is 0 Å². The molecule has 1 N–H and O–H groups in total. The summed E-state index contributed by atoms with van der Waals surface area (Å²) in [6.45, 7) is 3.51. The number of carbonyl (C=O) groups excluding carboxylic acids is 1. The molecule has 2 aliphatic rings. The molecule has 0 bridgehead atoms. The van der Waals surface area contributed by atoms with Crippen LogP contribution in [0.25, 0.3) is 0 Å². The van der Waals surface area contributed by atoms with E-state index in [1.165, 1.54) is 0 Å². The first-order chi connectivity index (χ1) is 8.16. The summed E-state index contributed by atoms with van der Waals surface area (Å²) in [4.78, 5) is 26.7. The molecule has 0 aromatic rings. The number of hydrogen-bond donors (Lipinski definition) is 1. The molecule has 5 nitrogen and oxygen atoms in total. The fraction of sp³-hybridized carbons (Fsp3) is 0.833. The number of hydrogen-bond acceptors (Lipinski definition) is 3. The van der Waals surface area contributed by atoms with E-state index in [2.05, 4.69) is 0 Å². The zero-order chi connectivity index (χ0) is 12.3. The van der Waals surface area contributed by atoms with Gasteiger partial charge in [-0.15, -0.1) is 0 Å². The second kappa shape index (κ2) is 5.49. The molecule has 0 spiro atoms. The molecule has 0 aromatic heterocycles. The molecular weight excluding hydrogens is 220 g/mol. The van der Waals surface area contributed by atoms with Gasteiger partial charge in [0.15, 0.2) is 0 Å². The van der Waals surface area contributed by atoms with Crippen LogP contribution in [0.2, 0.25) is 0 Å². The monoisotopic (exact) mass is 240 g/mol. The van der Waals surface area contributed by atoms with Gasteiger partial charge in [0.1, 0.15) is 0 Å². The van der Waals surface area contributed by atoms with Gasteiger partial charge in [0.2, 0.25) is 5.91 Å². The maximum absolute atomic E-state index is 11.9. The molecule has 0 aliphatic carbocycles. The third-order valence-electron chi connectivity index (χ3n) is 3.67. The quantitative estimate of drug-likeness (QED) is 0.776. The fourth-order valence-corrected chi connectivity index (χ4v) is 2.66. The minimum absolute atomic E-state index is 0.161. The van der Waals surface area contributed by atoms with Crippen LogP contribution >= 0.6 is 0 Å². The average Bonchev–Trinajstić information content (AvgIpc) is 2.82. The molecule has 2 saturated heterocycles. The molecule has 5 heteroatoms. The van der Waals surface area contributed by atoms with E-state index in [0.717, 1.165) is 45.3 Å². The Morgan fingerprint density at radius 1 is 1.12 bits per heavy atom. The summed E-state index contributed by atoms with van der Waals surface area (Å²) in [5.74, 6) is -0.869. The van der Waals surface area contributed by atoms with Gasteiger partial charge in [0, 0.05) is 19.6 Å². The van der Waals surface area contributed by atoms with E-state index in [0.29, 0.717) is 13.1 Å². The van der Waals surface area contributed by atoms with Gasteiger partial charge in [0.25, 0.3) is 0 Å². The Balaban J connectivity index is 1.81. The summed E-state index contributed by atoms with van der Waals surface area (Å²) in [5, 5.41) is 8.98. The van der Waals surface area contributed by atoms with E-state index in [1.54, 1.807) is 0 Å². The molecule has 2 heterocycles. The van der Waals surface area contributed by atoms with Crippen molar-refractivity contribution in [3.8, 4) is 0 Å². The van der Waals surface area contributed by atoms with E-state index in [4.69, 9.17) is 5.11 Å². The maximum atomic E-state index is 11.9. The predicted molar refractivity (Wildman–Crippen MR) is 62.6 cm³/mol. The Morgan fingerprint density at radius 3 is 2.47 bits per heavy atom. The molecule has 17 heavy (non-hydrogen) atoms. The number of nitrogens with zero attached hydrogens (tertiary/aromatic N) is 2. The Kier molecular flexibility index (Phi) is 3.99. The van der Waals surface area contributed by atoms with E-state index in [-0.39, 0.29) is 11.8 Å². The zero-order valence-electron chi connectivity index (χ0n) is 10.1. The first-order valence-corrected chi connectivity index (χ1v) is 6.40. The van der Waals surface area contributed by atoms with Crippen molar-refractivity contribution in [2.24, 2.45) is 5.92 Å². The largest absolute Gasteiger partial charge is 0.481 e. The topological polar surface area (TPSA) is 60.9 Å². The van der Waals surface area contributed by atoms with E-state index in [9.17, 15) is 9.59 Å². The van der Waals surface area contributed by atoms with Crippen molar-refractivity contribution < 1.29 is 14.7 Å². The van der Waals surface area contributed by atoms with Crippen LogP contribution in [0.3, 0.4) is 0 Å². The molecule has 1 unspecified atom stereocenters. The van der Waals surface area contributed by atoms with Crippen LogP contribution in [-0.4, -0.2) is 59.5 Å². The van der Waals surface area contributed by atoms with Gasteiger partial charge in [-0.2, -0.15) is 0 Å². The number of carboxylic acid groups (broad SMARTS) is 1. The number of amides is 1. The fourth-order valence-electron chi connectivity index (χ4n) is 2.66. The molecule has 0 aromatic carbocycles. The standard InChI is InChI=1S/C12H20N2O3/c15-11(14-6-1-2-7-14)9-13-5-3-4-10(8-13)12(16)17/h10H,1-9H2,(H,16,17). The highest BCUT2D eigenvalue weighted by atomic mass is 16.4. The average molecular weight is 240 g/mol. The molecule has 96 valence electrons. The molecule has 2 rings (SSSR count). The summed E-state index contributed by atoms with van der Waals surface area (Å²) in [5.41, 5.74) is 0. The van der Waals surface area contributed by atoms with Crippen molar-refractivity contribution in [1.82, 2.24) is 9.80 Å². The van der Waals surface area contributed by atoms with Crippen molar-refractivity contribution in [2.75, 3.05) is 32.7 Å². The zero-order valence-corrected chi connectivity index (χ0v) is 10.1. The lowest BCUT2D eigenvalue weighted by molar-refractivity contribution is -0.144. The van der Waals surface area contributed by atoms with Gasteiger partial charge in [-0.1, -0.05) is 0 Å². The Morgan fingerprint density at radius 2 is 1.82 bits per heavy atom. The Hall–Kier alpha value is -1.10. The lowest BCUT2D eigenvalue weighted by Gasteiger charge is -2.31. The van der Waals surface area contributed by atoms with Crippen molar-refractivity contribution in [3.05, 3.63) is 0 Å². The van der Waals surface area contributed by atoms with Crippen LogP contribution in [0.5, 0.6) is 0 Å². The van der Waals surface area contributed by atoms with Gasteiger partial charge in [-0.05, 0) is 32.2 Å². The van der Waals surface area contributed by atoms with E-state index in [1.807, 2.05) is 9.80 Å². The van der Waals surface area contributed by atoms with E-state index < -0.39 is 5.97 Å². The van der Waals surface area contributed by atoms with Gasteiger partial charge in [-0.3, -0.25) is 14.5 Å². The first kappa shape index (κ1) is 12.4. The minimum atomic E-state index is -0.733. The summed E-state index contributed by atoms with van der Waals surface area (Å²) in [6, 6.07) is 0. The van der Waals surface area contributed by atoms with Crippen molar-refractivity contribution in [1.29, 1.82) is 0 Å². The number of likely N-dealkylation sites (tertiary alicyclic amines) is 2. The summed E-state index contributed by atoms with van der Waals surface area (Å²) < 4.78 is 0. The number of carbonyl (C=O) groups is 2. The molecule has 2 fully saturated rings. The molecular formula is C12H20N2O3. The summed E-state index contributed by atoms with van der Waals surface area (Å²) in [6.07, 6.45) is 3.82. The summed E-state index contributed by atoms with van der Waals surface area (Å²) >= 11 is 0. The third-order valence-corrected chi connectivity index (χ3v) is 3.67. The Labute approximate surface area is 101 Å². The van der Waals surface area contributed by atoms with Crippen LogP contribution in [0.4, 0.5) is 0 Å². The van der Waals surface area contributed by atoms with Crippen LogP contribution in [0.15, 0.2) is 0 Å². The number of carboxylic acids is 1. The van der Waals surface area contributed by atoms with Gasteiger partial charge in [0.05, 0.1) is 12.5 Å². The SMILES string of the molecule is O=C(O)C1CCCN(CC(=O)N2CCCC2)C1. The molecule has 1 atom stereocenters. The smallest absolute Gasteiger partial charge is 0.307 e. The summed E-state index contributed by atoms with van der Waals surface area (Å²) in [7, 11) is 0. The number of piperidine rings is 1. The molecule has 1 amide bonds. The minimum Gasteiger partial charge on any atom is -0.481 e. The van der Waals surface area contributed by atoms with Crippen LogP contribution in [0, 0.1) is 5.92 Å². The highest BCUT2D eigenvalue weighted by Crippen LogP contribution is 2.17. The predicted octanol–water partition coefficient (Wildman–Crippen LogP) is 0.405. The number of aliphatic carboxylic acids is 1. The van der Waals surface area contributed by atoms with Gasteiger partial charge < -0.3 is 10.0 Å². The van der Waals surface area contributed by atoms with Gasteiger partial charge in [-0.25, -0.2) is 0 Å². The normalized spacial score (nSPS) is 26.1. The lowest BCUT2D eigenvalue weighted by atomic mass is 9.98. The third kappa shape index (κ3) is 3.19.